The van der Waals surface area contributed by atoms with E-state index < -0.39 is 0 Å². The van der Waals surface area contributed by atoms with Gasteiger partial charge in [0.25, 0.3) is 5.56 Å². The Kier molecular flexibility index (Phi) is 2.92. The lowest BCUT2D eigenvalue weighted by molar-refractivity contribution is 0.730. The second-order valence-electron chi connectivity index (χ2n) is 4.08. The topological polar surface area (TPSA) is 63.6 Å². The van der Waals surface area contributed by atoms with Crippen molar-refractivity contribution in [2.45, 2.75) is 6.54 Å². The number of hydrogen-bond acceptors (Lipinski definition) is 4. The van der Waals surface area contributed by atoms with Gasteiger partial charge in [0.05, 0.1) is 11.9 Å². The van der Waals surface area contributed by atoms with Gasteiger partial charge in [0, 0.05) is 18.6 Å². The van der Waals surface area contributed by atoms with Gasteiger partial charge in [0.15, 0.2) is 4.77 Å². The number of nitrogens with one attached hydrogen (secondary N) is 1. The molecular formula is C13H10N4OS. The minimum atomic E-state index is -0.143. The molecule has 0 radical (unpaired) electrons. The van der Waals surface area contributed by atoms with Crippen molar-refractivity contribution in [2.24, 2.45) is 0 Å². The van der Waals surface area contributed by atoms with Gasteiger partial charge in [-0.2, -0.15) is 0 Å². The van der Waals surface area contributed by atoms with Crippen LogP contribution < -0.4 is 5.56 Å². The second-order valence-corrected chi connectivity index (χ2v) is 4.47. The molecule has 0 fully saturated rings. The summed E-state index contributed by atoms with van der Waals surface area (Å²) in [7, 11) is 0. The molecule has 0 amide bonds. The molecule has 3 rings (SSSR count). The van der Waals surface area contributed by atoms with E-state index in [9.17, 15) is 4.79 Å². The van der Waals surface area contributed by atoms with Crippen molar-refractivity contribution >= 4 is 23.3 Å². The Morgan fingerprint density at radius 1 is 1.26 bits per heavy atom. The average Bonchev–Trinajstić information content (AvgIpc) is 2.45. The zero-order chi connectivity index (χ0) is 13.2. The summed E-state index contributed by atoms with van der Waals surface area (Å²) >= 11 is 5.21. The van der Waals surface area contributed by atoms with Gasteiger partial charge in [-0.15, -0.1) is 0 Å². The first-order chi connectivity index (χ1) is 9.25. The maximum Gasteiger partial charge on any atom is 0.264 e. The summed E-state index contributed by atoms with van der Waals surface area (Å²) < 4.78 is 1.87. The quantitative estimate of drug-likeness (QED) is 0.722. The highest BCUT2D eigenvalue weighted by Crippen LogP contribution is 2.04. The van der Waals surface area contributed by atoms with Gasteiger partial charge in [-0.25, -0.2) is 4.98 Å². The Bertz CT molecular complexity index is 838. The molecule has 94 valence electrons. The van der Waals surface area contributed by atoms with E-state index >= 15 is 0 Å². The molecule has 5 nitrogen and oxygen atoms in total. The number of rotatable bonds is 2. The number of aromatic amines is 1. The van der Waals surface area contributed by atoms with Crippen LogP contribution in [0.25, 0.3) is 11.0 Å². The van der Waals surface area contributed by atoms with Crippen LogP contribution in [-0.2, 0) is 6.54 Å². The van der Waals surface area contributed by atoms with E-state index in [0.29, 0.717) is 22.3 Å². The van der Waals surface area contributed by atoms with Crippen LogP contribution in [-0.4, -0.2) is 19.5 Å². The summed E-state index contributed by atoms with van der Waals surface area (Å²) in [6.07, 6.45) is 5.03. The van der Waals surface area contributed by atoms with E-state index in [0.717, 1.165) is 5.56 Å². The van der Waals surface area contributed by atoms with Gasteiger partial charge in [-0.05, 0) is 36.0 Å². The predicted molar refractivity (Wildman–Crippen MR) is 74.5 cm³/mol. The third-order valence-corrected chi connectivity index (χ3v) is 3.14. The molecule has 0 aliphatic carbocycles. The molecule has 0 unspecified atom stereocenters. The Morgan fingerprint density at radius 2 is 2.11 bits per heavy atom. The van der Waals surface area contributed by atoms with Crippen LogP contribution >= 0.6 is 12.2 Å². The number of nitrogens with zero attached hydrogens (tertiary/aromatic N) is 3. The molecule has 6 heteroatoms. The molecule has 0 saturated heterocycles. The number of hydrogen-bond donors (Lipinski definition) is 1. The van der Waals surface area contributed by atoms with Crippen molar-refractivity contribution in [3.8, 4) is 0 Å². The zero-order valence-corrected chi connectivity index (χ0v) is 10.7. The molecule has 0 atom stereocenters. The van der Waals surface area contributed by atoms with Crippen molar-refractivity contribution in [3.05, 3.63) is 63.5 Å². The van der Waals surface area contributed by atoms with E-state index in [1.165, 1.54) is 4.57 Å². The summed E-state index contributed by atoms with van der Waals surface area (Å²) in [6.45, 7) is 0.396. The maximum absolute atomic E-state index is 12.4. The van der Waals surface area contributed by atoms with Gasteiger partial charge in [0.2, 0.25) is 0 Å². The fourth-order valence-electron chi connectivity index (χ4n) is 1.90. The van der Waals surface area contributed by atoms with Crippen LogP contribution in [0.2, 0.25) is 0 Å². The molecule has 0 aliphatic rings. The number of pyridine rings is 2. The van der Waals surface area contributed by atoms with Crippen molar-refractivity contribution in [1.29, 1.82) is 0 Å². The van der Waals surface area contributed by atoms with Crippen LogP contribution in [0.1, 0.15) is 5.56 Å². The smallest absolute Gasteiger partial charge is 0.264 e. The predicted octanol–water partition coefficient (Wildman–Crippen LogP) is 1.90. The molecule has 3 heterocycles. The SMILES string of the molecule is O=c1c2cccnc2[nH]c(=S)n1Cc1cccnc1. The van der Waals surface area contributed by atoms with Gasteiger partial charge >= 0.3 is 0 Å². The Hall–Kier alpha value is -2.34. The van der Waals surface area contributed by atoms with Crippen LogP contribution in [0.5, 0.6) is 0 Å². The first-order valence-corrected chi connectivity index (χ1v) is 6.13. The molecule has 0 aromatic carbocycles. The van der Waals surface area contributed by atoms with Crippen LogP contribution in [0.4, 0.5) is 0 Å². The highest BCUT2D eigenvalue weighted by molar-refractivity contribution is 7.71. The van der Waals surface area contributed by atoms with Crippen LogP contribution in [0.3, 0.4) is 0 Å². The average molecular weight is 270 g/mol. The van der Waals surface area contributed by atoms with E-state index in [1.807, 2.05) is 12.1 Å². The molecular weight excluding hydrogens is 260 g/mol. The third kappa shape index (κ3) is 2.17. The van der Waals surface area contributed by atoms with E-state index in [1.54, 1.807) is 30.7 Å². The van der Waals surface area contributed by atoms with E-state index in [4.69, 9.17) is 12.2 Å². The van der Waals surface area contributed by atoms with Crippen molar-refractivity contribution in [2.75, 3.05) is 0 Å². The highest BCUT2D eigenvalue weighted by atomic mass is 32.1. The fourth-order valence-corrected chi connectivity index (χ4v) is 2.15. The lowest BCUT2D eigenvalue weighted by atomic mass is 10.3. The molecule has 0 bridgehead atoms. The largest absolute Gasteiger partial charge is 0.316 e. The van der Waals surface area contributed by atoms with Gasteiger partial charge in [-0.3, -0.25) is 14.3 Å². The zero-order valence-electron chi connectivity index (χ0n) is 9.91. The summed E-state index contributed by atoms with van der Waals surface area (Å²) in [6, 6.07) is 7.20. The minimum Gasteiger partial charge on any atom is -0.316 e. The summed E-state index contributed by atoms with van der Waals surface area (Å²) in [4.78, 5) is 23.5. The lowest BCUT2D eigenvalue weighted by Crippen LogP contribution is -2.23. The number of fused-ring (bicyclic) bond motifs is 1. The van der Waals surface area contributed by atoms with E-state index in [2.05, 4.69) is 15.0 Å². The molecule has 3 aromatic rings. The highest BCUT2D eigenvalue weighted by Gasteiger charge is 2.06. The molecule has 0 spiro atoms. The minimum absolute atomic E-state index is 0.143. The van der Waals surface area contributed by atoms with Gasteiger partial charge in [0.1, 0.15) is 5.65 Å². The number of aromatic nitrogens is 4. The monoisotopic (exact) mass is 270 g/mol. The van der Waals surface area contributed by atoms with Crippen molar-refractivity contribution in [3.63, 3.8) is 0 Å². The van der Waals surface area contributed by atoms with Crippen LogP contribution in [0, 0.1) is 4.77 Å². The molecule has 1 N–H and O–H groups in total. The Labute approximate surface area is 113 Å². The standard InChI is InChI=1S/C13H10N4OS/c18-12-10-4-2-6-15-11(10)16-13(19)17(12)8-9-3-1-5-14-7-9/h1-7H,8H2,(H,15,16,19). The fraction of sp³-hybridized carbons (Fsp3) is 0.0769. The molecule has 0 saturated carbocycles. The normalized spacial score (nSPS) is 10.7. The summed E-state index contributed by atoms with van der Waals surface area (Å²) in [5.74, 6) is 0. The summed E-state index contributed by atoms with van der Waals surface area (Å²) in [5, 5.41) is 0.528. The maximum atomic E-state index is 12.4. The second kappa shape index (κ2) is 4.74. The van der Waals surface area contributed by atoms with Crippen molar-refractivity contribution in [1.82, 2.24) is 19.5 Å². The summed E-state index contributed by atoms with van der Waals surface area (Å²) in [5.41, 5.74) is 1.29. The third-order valence-electron chi connectivity index (χ3n) is 2.82. The van der Waals surface area contributed by atoms with Gasteiger partial charge < -0.3 is 4.98 Å². The lowest BCUT2D eigenvalue weighted by Gasteiger charge is -2.07. The van der Waals surface area contributed by atoms with Crippen LogP contribution in [0.15, 0.2) is 47.7 Å². The van der Waals surface area contributed by atoms with E-state index in [-0.39, 0.29) is 5.56 Å². The molecule has 0 aliphatic heterocycles. The number of H-pyrrole nitrogens is 1. The first-order valence-electron chi connectivity index (χ1n) is 5.72. The Morgan fingerprint density at radius 3 is 2.89 bits per heavy atom. The van der Waals surface area contributed by atoms with Gasteiger partial charge in [-0.1, -0.05) is 6.07 Å². The molecule has 19 heavy (non-hydrogen) atoms. The van der Waals surface area contributed by atoms with Crippen molar-refractivity contribution < 1.29 is 0 Å². The molecule has 3 aromatic heterocycles. The first kappa shape index (κ1) is 11.7. The Balaban J connectivity index is 2.19.